The molecule has 0 fully saturated rings. The van der Waals surface area contributed by atoms with E-state index in [1.54, 1.807) is 0 Å². The summed E-state index contributed by atoms with van der Waals surface area (Å²) >= 11 is 0. The third kappa shape index (κ3) is 296. The van der Waals surface area contributed by atoms with Crippen LogP contribution in [0.4, 0.5) is 9.59 Å². The van der Waals surface area contributed by atoms with E-state index in [0.717, 1.165) is 0 Å². The zero-order chi connectivity index (χ0) is 9.15. The van der Waals surface area contributed by atoms with E-state index in [-0.39, 0.29) is 16.4 Å². The molecule has 9 nitrogen and oxygen atoms in total. The lowest BCUT2D eigenvalue weighted by molar-refractivity contribution is 0.135. The normalized spacial score (nSPS) is 4.15. The fourth-order valence-electron chi connectivity index (χ4n) is 0. The Morgan fingerprint density at radius 3 is 0.692 bits per heavy atom. The molecule has 0 saturated heterocycles. The number of hydrogen-bond donors (Lipinski definition) is 4. The first-order valence-corrected chi connectivity index (χ1v) is 2.30. The van der Waals surface area contributed by atoms with Gasteiger partial charge in [0.05, 0.1) is 0 Å². The van der Waals surface area contributed by atoms with Crippen molar-refractivity contribution in [1.29, 1.82) is 0 Å². The molecule has 0 radical (unpaired) electrons. The molecular formula is C4H16O9. The Hall–Kier alpha value is -1.58. The Morgan fingerprint density at radius 1 is 0.692 bits per heavy atom. The SMILES string of the molecule is CC.O.O.O.O=C(O)O.O=C(O)O. The van der Waals surface area contributed by atoms with Crippen LogP contribution in [0.2, 0.25) is 0 Å². The molecule has 86 valence electrons. The van der Waals surface area contributed by atoms with Crippen molar-refractivity contribution in [3.8, 4) is 0 Å². The van der Waals surface area contributed by atoms with Gasteiger partial charge >= 0.3 is 12.3 Å². The fourth-order valence-corrected chi connectivity index (χ4v) is 0. The van der Waals surface area contributed by atoms with Gasteiger partial charge in [0.1, 0.15) is 0 Å². The minimum Gasteiger partial charge on any atom is -0.450 e. The van der Waals surface area contributed by atoms with Gasteiger partial charge in [-0.2, -0.15) is 0 Å². The molecule has 0 aromatic carbocycles. The maximum absolute atomic E-state index is 8.56. The first kappa shape index (κ1) is 42.2. The minimum atomic E-state index is -1.83. The van der Waals surface area contributed by atoms with E-state index < -0.39 is 12.3 Å². The molecule has 0 aliphatic rings. The van der Waals surface area contributed by atoms with Crippen molar-refractivity contribution in [1.82, 2.24) is 0 Å². The molecule has 0 amide bonds. The van der Waals surface area contributed by atoms with Crippen molar-refractivity contribution in [2.75, 3.05) is 0 Å². The summed E-state index contributed by atoms with van der Waals surface area (Å²) in [7, 11) is 0. The number of rotatable bonds is 0. The maximum Gasteiger partial charge on any atom is 0.503 e. The molecule has 10 N–H and O–H groups in total. The Bertz CT molecular complexity index is 69.6. The zero-order valence-corrected chi connectivity index (χ0v) is 7.11. The molecular weight excluding hydrogens is 192 g/mol. The van der Waals surface area contributed by atoms with Crippen LogP contribution in [0.15, 0.2) is 0 Å². The molecule has 0 rings (SSSR count). The van der Waals surface area contributed by atoms with Crippen molar-refractivity contribution in [3.63, 3.8) is 0 Å². The highest BCUT2D eigenvalue weighted by atomic mass is 16.6. The average Bonchev–Trinajstić information content (AvgIpc) is 1.66. The Balaban J connectivity index is -0.0000000133. The molecule has 0 aliphatic heterocycles. The predicted octanol–water partition coefficient (Wildman–Crippen LogP) is -1.00. The van der Waals surface area contributed by atoms with E-state index in [1.807, 2.05) is 13.8 Å². The molecule has 9 heteroatoms. The number of carboxylic acid groups (broad SMARTS) is 4. The van der Waals surface area contributed by atoms with Gasteiger partial charge in [-0.05, 0) is 0 Å². The van der Waals surface area contributed by atoms with Gasteiger partial charge in [-0.3, -0.25) is 0 Å². The monoisotopic (exact) mass is 208 g/mol. The Labute approximate surface area is 73.8 Å². The molecule has 0 heterocycles. The zero-order valence-electron chi connectivity index (χ0n) is 7.11. The second-order valence-corrected chi connectivity index (χ2v) is 0.565. The first-order chi connectivity index (χ1) is 4.46. The van der Waals surface area contributed by atoms with Crippen LogP contribution in [-0.4, -0.2) is 49.2 Å². The van der Waals surface area contributed by atoms with Crippen LogP contribution in [-0.2, 0) is 0 Å². The lowest BCUT2D eigenvalue weighted by Crippen LogP contribution is -1.81. The molecule has 0 bridgehead atoms. The van der Waals surface area contributed by atoms with Crippen LogP contribution in [0.5, 0.6) is 0 Å². The fraction of sp³-hybridized carbons (Fsp3) is 0.500. The highest BCUT2D eigenvalue weighted by Gasteiger charge is 1.70. The minimum absolute atomic E-state index is 0. The van der Waals surface area contributed by atoms with Gasteiger partial charge in [-0.1, -0.05) is 13.8 Å². The standard InChI is InChI=1S/C2H6.2CH2O3.3H2O/c1-2;2*2-1(3)4;;;/h1-2H3;2*(H2,2,3,4);3*1H2. The summed E-state index contributed by atoms with van der Waals surface area (Å²) in [6.07, 6.45) is -3.67. The maximum atomic E-state index is 8.56. The van der Waals surface area contributed by atoms with Crippen molar-refractivity contribution >= 4 is 12.3 Å². The largest absolute Gasteiger partial charge is 0.503 e. The molecule has 0 aromatic heterocycles. The van der Waals surface area contributed by atoms with Gasteiger partial charge in [0, 0.05) is 0 Å². The van der Waals surface area contributed by atoms with Gasteiger partial charge in [-0.25, -0.2) is 9.59 Å². The van der Waals surface area contributed by atoms with Crippen LogP contribution in [0, 0.1) is 0 Å². The van der Waals surface area contributed by atoms with Gasteiger partial charge in [0.2, 0.25) is 0 Å². The van der Waals surface area contributed by atoms with E-state index in [4.69, 9.17) is 30.0 Å². The second-order valence-electron chi connectivity index (χ2n) is 0.565. The smallest absolute Gasteiger partial charge is 0.450 e. The van der Waals surface area contributed by atoms with Crippen molar-refractivity contribution in [2.24, 2.45) is 0 Å². The quantitative estimate of drug-likeness (QED) is 0.391. The first-order valence-electron chi connectivity index (χ1n) is 2.30. The number of carbonyl (C=O) groups is 2. The lowest BCUT2D eigenvalue weighted by Gasteiger charge is -1.60. The summed E-state index contributed by atoms with van der Waals surface area (Å²) in [5, 5.41) is 27.9. The molecule has 0 aliphatic carbocycles. The summed E-state index contributed by atoms with van der Waals surface area (Å²) in [4.78, 5) is 17.1. The summed E-state index contributed by atoms with van der Waals surface area (Å²) in [6.45, 7) is 4.00. The van der Waals surface area contributed by atoms with Crippen LogP contribution >= 0.6 is 0 Å². The molecule has 0 saturated carbocycles. The van der Waals surface area contributed by atoms with Crippen LogP contribution in [0.25, 0.3) is 0 Å². The van der Waals surface area contributed by atoms with Crippen LogP contribution in [0.3, 0.4) is 0 Å². The summed E-state index contributed by atoms with van der Waals surface area (Å²) in [6, 6.07) is 0. The van der Waals surface area contributed by atoms with Crippen LogP contribution < -0.4 is 0 Å². The van der Waals surface area contributed by atoms with E-state index >= 15 is 0 Å². The second kappa shape index (κ2) is 47.3. The van der Waals surface area contributed by atoms with Crippen molar-refractivity contribution in [2.45, 2.75) is 13.8 Å². The Kier molecular flexibility index (Phi) is 154. The van der Waals surface area contributed by atoms with Gasteiger partial charge < -0.3 is 36.9 Å². The average molecular weight is 208 g/mol. The summed E-state index contributed by atoms with van der Waals surface area (Å²) in [5.74, 6) is 0. The third-order valence-electron chi connectivity index (χ3n) is 0. The van der Waals surface area contributed by atoms with Crippen LogP contribution in [0.1, 0.15) is 13.8 Å². The van der Waals surface area contributed by atoms with E-state index in [0.29, 0.717) is 0 Å². The van der Waals surface area contributed by atoms with E-state index in [9.17, 15) is 0 Å². The molecule has 0 aromatic rings. The van der Waals surface area contributed by atoms with Crippen molar-refractivity contribution < 1.29 is 46.4 Å². The molecule has 13 heavy (non-hydrogen) atoms. The molecule has 0 spiro atoms. The Morgan fingerprint density at radius 2 is 0.692 bits per heavy atom. The highest BCUT2D eigenvalue weighted by molar-refractivity contribution is 5.53. The van der Waals surface area contributed by atoms with Crippen molar-refractivity contribution in [3.05, 3.63) is 0 Å². The summed E-state index contributed by atoms with van der Waals surface area (Å²) < 4.78 is 0. The molecule has 0 unspecified atom stereocenters. The van der Waals surface area contributed by atoms with Gasteiger partial charge in [0.15, 0.2) is 0 Å². The van der Waals surface area contributed by atoms with Gasteiger partial charge in [0.25, 0.3) is 0 Å². The highest BCUT2D eigenvalue weighted by Crippen LogP contribution is 1.43. The number of hydrogen-bond acceptors (Lipinski definition) is 2. The topological polar surface area (TPSA) is 210 Å². The van der Waals surface area contributed by atoms with E-state index in [1.165, 1.54) is 0 Å². The predicted molar refractivity (Wildman–Crippen MR) is 43.5 cm³/mol. The van der Waals surface area contributed by atoms with Gasteiger partial charge in [-0.15, -0.1) is 0 Å². The molecule has 0 atom stereocenters. The van der Waals surface area contributed by atoms with E-state index in [2.05, 4.69) is 0 Å². The lowest BCUT2D eigenvalue weighted by atomic mass is 11.0. The summed E-state index contributed by atoms with van der Waals surface area (Å²) in [5.41, 5.74) is 0. The third-order valence-corrected chi connectivity index (χ3v) is 0.